The minimum Gasteiger partial charge on any atom is -0.368 e. The Balaban J connectivity index is 1.75. The lowest BCUT2D eigenvalue weighted by molar-refractivity contribution is -0.387. The van der Waals surface area contributed by atoms with Crippen LogP contribution in [0.2, 0.25) is 0 Å². The second-order valence-corrected chi connectivity index (χ2v) is 6.92. The molecule has 2 heterocycles. The molecule has 10 heteroatoms. The summed E-state index contributed by atoms with van der Waals surface area (Å²) in [7, 11) is 0. The Morgan fingerprint density at radius 3 is 2.81 bits per heavy atom. The summed E-state index contributed by atoms with van der Waals surface area (Å²) in [6, 6.07) is 11.4. The van der Waals surface area contributed by atoms with Gasteiger partial charge in [-0.3, -0.25) is 14.9 Å². The van der Waals surface area contributed by atoms with Crippen molar-refractivity contribution in [2.75, 3.05) is 5.32 Å². The molecule has 9 nitrogen and oxygen atoms in total. The van der Waals surface area contributed by atoms with Gasteiger partial charge in [0.15, 0.2) is 0 Å². The van der Waals surface area contributed by atoms with Crippen molar-refractivity contribution in [3.05, 3.63) is 76.4 Å². The molecule has 0 fully saturated rings. The number of hydrogen-bond acceptors (Lipinski definition) is 6. The molecule has 4 aromatic rings. The zero-order valence-corrected chi connectivity index (χ0v) is 16.4. The first kappa shape index (κ1) is 20.0. The van der Waals surface area contributed by atoms with Crippen LogP contribution in [0.5, 0.6) is 0 Å². The van der Waals surface area contributed by atoms with E-state index in [0.29, 0.717) is 16.9 Å². The highest BCUT2D eigenvalue weighted by Gasteiger charge is 2.18. The highest BCUT2D eigenvalue weighted by atomic mass is 19.1. The number of nitro benzene ring substituents is 1. The zero-order valence-electron chi connectivity index (χ0n) is 16.4. The lowest BCUT2D eigenvalue weighted by atomic mass is 10.1. The number of anilines is 2. The van der Waals surface area contributed by atoms with Gasteiger partial charge in [-0.2, -0.15) is 4.39 Å². The Bertz CT molecular complexity index is 1330. The summed E-state index contributed by atoms with van der Waals surface area (Å²) < 4.78 is 15.6. The van der Waals surface area contributed by atoms with Crippen molar-refractivity contribution in [1.29, 1.82) is 0 Å². The Hall–Kier alpha value is -4.34. The van der Waals surface area contributed by atoms with Crippen molar-refractivity contribution >= 4 is 34.1 Å². The summed E-state index contributed by atoms with van der Waals surface area (Å²) in [6.45, 7) is 1.64. The van der Waals surface area contributed by atoms with E-state index >= 15 is 0 Å². The van der Waals surface area contributed by atoms with Crippen molar-refractivity contribution < 1.29 is 14.1 Å². The van der Waals surface area contributed by atoms with E-state index < -0.39 is 22.3 Å². The molecule has 0 saturated heterocycles. The van der Waals surface area contributed by atoms with Crippen LogP contribution in [0.25, 0.3) is 22.2 Å². The molecule has 0 aliphatic heterocycles. The van der Waals surface area contributed by atoms with Crippen LogP contribution in [0.3, 0.4) is 0 Å². The van der Waals surface area contributed by atoms with E-state index in [2.05, 4.69) is 15.3 Å². The SMILES string of the molecule is Cc1cc(F)c([N+](=O)[O-])cc1Nc1nccc(-c2cn(CC(N)=O)c3ccccc23)n1. The molecule has 0 saturated carbocycles. The van der Waals surface area contributed by atoms with Crippen molar-refractivity contribution in [3.8, 4) is 11.3 Å². The van der Waals surface area contributed by atoms with Crippen LogP contribution in [0.1, 0.15) is 5.56 Å². The van der Waals surface area contributed by atoms with Gasteiger partial charge in [-0.15, -0.1) is 0 Å². The van der Waals surface area contributed by atoms with E-state index in [1.54, 1.807) is 23.8 Å². The number of carbonyl (C=O) groups excluding carboxylic acids is 1. The zero-order chi connectivity index (χ0) is 22.1. The fraction of sp³-hybridized carbons (Fsp3) is 0.0952. The smallest absolute Gasteiger partial charge is 0.306 e. The van der Waals surface area contributed by atoms with E-state index in [-0.39, 0.29) is 12.5 Å². The lowest BCUT2D eigenvalue weighted by Crippen LogP contribution is -2.17. The van der Waals surface area contributed by atoms with Crippen molar-refractivity contribution in [2.45, 2.75) is 13.5 Å². The van der Waals surface area contributed by atoms with Crippen LogP contribution in [-0.2, 0) is 11.3 Å². The second-order valence-electron chi connectivity index (χ2n) is 6.92. The number of rotatable bonds is 6. The monoisotopic (exact) mass is 420 g/mol. The standard InChI is InChI=1S/C21H17FN6O3/c1-12-8-15(22)19(28(30)31)9-17(12)26-21-24-7-6-16(25-21)14-10-27(11-20(23)29)18-5-3-2-4-13(14)18/h2-10H,11H2,1H3,(H2,23,29)(H,24,25,26). The molecule has 0 aliphatic carbocycles. The number of aromatic nitrogens is 3. The van der Waals surface area contributed by atoms with Crippen LogP contribution in [0.4, 0.5) is 21.7 Å². The number of halogens is 1. The van der Waals surface area contributed by atoms with Gasteiger partial charge in [0, 0.05) is 34.9 Å². The predicted octanol–water partition coefficient (Wildman–Crippen LogP) is 3.68. The number of carbonyl (C=O) groups is 1. The van der Waals surface area contributed by atoms with Crippen LogP contribution in [-0.4, -0.2) is 25.4 Å². The number of hydrogen-bond donors (Lipinski definition) is 2. The highest BCUT2D eigenvalue weighted by molar-refractivity contribution is 5.96. The number of para-hydroxylation sites is 1. The van der Waals surface area contributed by atoms with E-state index in [1.807, 2.05) is 24.3 Å². The third-order valence-corrected chi connectivity index (χ3v) is 4.78. The predicted molar refractivity (Wildman–Crippen MR) is 113 cm³/mol. The number of nitrogens with zero attached hydrogens (tertiary/aromatic N) is 4. The molecule has 1 amide bonds. The number of primary amides is 1. The van der Waals surface area contributed by atoms with Crippen LogP contribution in [0.15, 0.2) is 54.9 Å². The molecule has 2 aromatic carbocycles. The number of fused-ring (bicyclic) bond motifs is 1. The molecule has 0 radical (unpaired) electrons. The molecule has 2 aromatic heterocycles. The summed E-state index contributed by atoms with van der Waals surface area (Å²) in [5.41, 5.74) is 7.68. The van der Waals surface area contributed by atoms with E-state index in [4.69, 9.17) is 5.73 Å². The Kier molecular flexibility index (Phi) is 5.04. The molecule has 0 spiro atoms. The normalized spacial score (nSPS) is 10.9. The fourth-order valence-corrected chi connectivity index (χ4v) is 3.37. The number of nitrogens with one attached hydrogen (secondary N) is 1. The number of nitrogens with two attached hydrogens (primary N) is 1. The van der Waals surface area contributed by atoms with Crippen LogP contribution < -0.4 is 11.1 Å². The first-order chi connectivity index (χ1) is 14.8. The van der Waals surface area contributed by atoms with Gasteiger partial charge in [0.2, 0.25) is 17.7 Å². The number of aryl methyl sites for hydroxylation is 1. The van der Waals surface area contributed by atoms with Gasteiger partial charge in [-0.25, -0.2) is 9.97 Å². The molecule has 3 N–H and O–H groups in total. The lowest BCUT2D eigenvalue weighted by Gasteiger charge is -2.09. The topological polar surface area (TPSA) is 129 Å². The van der Waals surface area contributed by atoms with Gasteiger partial charge in [-0.05, 0) is 30.7 Å². The Morgan fingerprint density at radius 1 is 1.29 bits per heavy atom. The average molecular weight is 420 g/mol. The number of nitro groups is 1. The maximum Gasteiger partial charge on any atom is 0.306 e. The average Bonchev–Trinajstić information content (AvgIpc) is 3.08. The van der Waals surface area contributed by atoms with Crippen LogP contribution in [0, 0.1) is 22.9 Å². The first-order valence-electron chi connectivity index (χ1n) is 9.24. The first-order valence-corrected chi connectivity index (χ1v) is 9.24. The van der Waals surface area contributed by atoms with Gasteiger partial charge in [-0.1, -0.05) is 18.2 Å². The van der Waals surface area contributed by atoms with Crippen molar-refractivity contribution in [2.24, 2.45) is 5.73 Å². The maximum atomic E-state index is 13.8. The van der Waals surface area contributed by atoms with Crippen molar-refractivity contribution in [3.63, 3.8) is 0 Å². The van der Waals surface area contributed by atoms with Gasteiger partial charge in [0.1, 0.15) is 6.54 Å². The van der Waals surface area contributed by atoms with Gasteiger partial charge < -0.3 is 15.6 Å². The molecule has 4 rings (SSSR count). The summed E-state index contributed by atoms with van der Waals surface area (Å²) in [5.74, 6) is -1.19. The Labute approximate surface area is 175 Å². The molecule has 156 valence electrons. The number of benzene rings is 2. The minimum atomic E-state index is -0.912. The highest BCUT2D eigenvalue weighted by Crippen LogP contribution is 2.31. The molecular formula is C21H17FN6O3. The van der Waals surface area contributed by atoms with Crippen molar-refractivity contribution in [1.82, 2.24) is 14.5 Å². The third-order valence-electron chi connectivity index (χ3n) is 4.78. The molecule has 0 atom stereocenters. The van der Waals surface area contributed by atoms with E-state index in [1.165, 1.54) is 6.20 Å². The van der Waals surface area contributed by atoms with Gasteiger partial charge in [0.25, 0.3) is 0 Å². The minimum absolute atomic E-state index is 0.0230. The molecule has 0 aliphatic rings. The van der Waals surface area contributed by atoms with E-state index in [9.17, 15) is 19.3 Å². The second kappa shape index (κ2) is 7.82. The van der Waals surface area contributed by atoms with E-state index in [0.717, 1.165) is 28.6 Å². The molecule has 31 heavy (non-hydrogen) atoms. The third kappa shape index (κ3) is 3.90. The van der Waals surface area contributed by atoms with Gasteiger partial charge in [0.05, 0.1) is 16.3 Å². The molecular weight excluding hydrogens is 403 g/mol. The van der Waals surface area contributed by atoms with Gasteiger partial charge >= 0.3 is 5.69 Å². The summed E-state index contributed by atoms with van der Waals surface area (Å²) in [6.07, 6.45) is 3.33. The Morgan fingerprint density at radius 2 is 2.06 bits per heavy atom. The summed E-state index contributed by atoms with van der Waals surface area (Å²) in [5, 5.41) is 14.8. The summed E-state index contributed by atoms with van der Waals surface area (Å²) in [4.78, 5) is 30.4. The summed E-state index contributed by atoms with van der Waals surface area (Å²) >= 11 is 0. The largest absolute Gasteiger partial charge is 0.368 e. The molecule has 0 bridgehead atoms. The molecule has 0 unspecified atom stereocenters. The quantitative estimate of drug-likeness (QED) is 0.362. The maximum absolute atomic E-state index is 13.8. The fourth-order valence-electron chi connectivity index (χ4n) is 3.37. The van der Waals surface area contributed by atoms with Crippen LogP contribution >= 0.6 is 0 Å². The number of amides is 1.